The summed E-state index contributed by atoms with van der Waals surface area (Å²) in [6.45, 7) is 1.01. The lowest BCUT2D eigenvalue weighted by Crippen LogP contribution is -2.11. The van der Waals surface area contributed by atoms with Crippen LogP contribution >= 0.6 is 11.6 Å². The molecule has 5 rings (SSSR count). The first-order valence-corrected chi connectivity index (χ1v) is 10.3. The van der Waals surface area contributed by atoms with Crippen molar-refractivity contribution in [2.75, 3.05) is 5.32 Å². The van der Waals surface area contributed by atoms with Gasteiger partial charge in [-0.3, -0.25) is 4.79 Å². The van der Waals surface area contributed by atoms with Crippen LogP contribution in [0.3, 0.4) is 0 Å². The lowest BCUT2D eigenvalue weighted by Gasteiger charge is -2.16. The molecule has 0 bridgehead atoms. The summed E-state index contributed by atoms with van der Waals surface area (Å²) in [6, 6.07) is 15.1. The number of nitrogens with zero attached hydrogens (tertiary/aromatic N) is 4. The van der Waals surface area contributed by atoms with Gasteiger partial charge in [-0.15, -0.1) is 0 Å². The molecular formula is C23H20ClN5O. The Balaban J connectivity index is 1.30. The molecular weight excluding hydrogens is 398 g/mol. The van der Waals surface area contributed by atoms with Crippen molar-refractivity contribution >= 4 is 23.2 Å². The van der Waals surface area contributed by atoms with Crippen molar-refractivity contribution in [3.63, 3.8) is 0 Å². The lowest BCUT2D eigenvalue weighted by molar-refractivity contribution is 0.102. The van der Waals surface area contributed by atoms with Gasteiger partial charge in [-0.25, -0.2) is 9.67 Å². The van der Waals surface area contributed by atoms with Crippen LogP contribution in [0.15, 0.2) is 67.1 Å². The van der Waals surface area contributed by atoms with E-state index in [2.05, 4.69) is 20.0 Å². The highest BCUT2D eigenvalue weighted by molar-refractivity contribution is 6.30. The third-order valence-electron chi connectivity index (χ3n) is 5.34. The van der Waals surface area contributed by atoms with Crippen molar-refractivity contribution in [2.24, 2.45) is 0 Å². The summed E-state index contributed by atoms with van der Waals surface area (Å²) >= 11 is 5.92. The number of rotatable bonds is 4. The minimum absolute atomic E-state index is 0.207. The molecule has 2 aromatic carbocycles. The Morgan fingerprint density at radius 1 is 1.00 bits per heavy atom. The lowest BCUT2D eigenvalue weighted by atomic mass is 10.1. The average Bonchev–Trinajstić information content (AvgIpc) is 3.43. The highest BCUT2D eigenvalue weighted by atomic mass is 35.5. The monoisotopic (exact) mass is 417 g/mol. The van der Waals surface area contributed by atoms with Gasteiger partial charge in [-0.1, -0.05) is 11.6 Å². The molecule has 0 aliphatic carbocycles. The van der Waals surface area contributed by atoms with Crippen molar-refractivity contribution in [3.05, 3.63) is 83.4 Å². The zero-order valence-electron chi connectivity index (χ0n) is 16.3. The third-order valence-corrected chi connectivity index (χ3v) is 5.59. The summed E-state index contributed by atoms with van der Waals surface area (Å²) in [5.74, 6) is 0.785. The van der Waals surface area contributed by atoms with Crippen LogP contribution in [0.2, 0.25) is 5.02 Å². The highest BCUT2D eigenvalue weighted by Crippen LogP contribution is 2.25. The second-order valence-corrected chi connectivity index (χ2v) is 7.80. The van der Waals surface area contributed by atoms with Crippen LogP contribution < -0.4 is 5.32 Å². The van der Waals surface area contributed by atoms with Crippen LogP contribution in [0, 0.1) is 0 Å². The number of nitrogens with one attached hydrogen (secondary N) is 1. The number of hydrogen-bond donors (Lipinski definition) is 1. The summed E-state index contributed by atoms with van der Waals surface area (Å²) in [6.07, 6.45) is 8.73. The van der Waals surface area contributed by atoms with Crippen molar-refractivity contribution in [1.29, 1.82) is 0 Å². The molecule has 2 aromatic heterocycles. The highest BCUT2D eigenvalue weighted by Gasteiger charge is 2.15. The second kappa shape index (κ2) is 7.80. The molecule has 0 atom stereocenters. The Morgan fingerprint density at radius 3 is 2.60 bits per heavy atom. The van der Waals surface area contributed by atoms with Gasteiger partial charge in [-0.05, 0) is 67.8 Å². The molecule has 0 spiro atoms. The molecule has 0 radical (unpaired) electrons. The van der Waals surface area contributed by atoms with Crippen LogP contribution in [0.5, 0.6) is 0 Å². The van der Waals surface area contributed by atoms with Crippen LogP contribution in [0.4, 0.5) is 5.69 Å². The van der Waals surface area contributed by atoms with Gasteiger partial charge in [0.15, 0.2) is 0 Å². The molecule has 3 heterocycles. The molecule has 30 heavy (non-hydrogen) atoms. The molecule has 1 aliphatic rings. The van der Waals surface area contributed by atoms with Gasteiger partial charge < -0.3 is 9.88 Å². The molecule has 7 heteroatoms. The minimum Gasteiger partial charge on any atom is -0.328 e. The van der Waals surface area contributed by atoms with Crippen LogP contribution in [-0.2, 0) is 13.0 Å². The first kappa shape index (κ1) is 18.6. The molecule has 150 valence electrons. The maximum Gasteiger partial charge on any atom is 0.258 e. The van der Waals surface area contributed by atoms with Gasteiger partial charge in [-0.2, -0.15) is 5.10 Å². The summed E-state index contributed by atoms with van der Waals surface area (Å²) in [5, 5.41) is 7.85. The van der Waals surface area contributed by atoms with E-state index in [4.69, 9.17) is 11.6 Å². The second-order valence-electron chi connectivity index (χ2n) is 7.36. The largest absolute Gasteiger partial charge is 0.328 e. The Labute approximate surface area is 179 Å². The van der Waals surface area contributed by atoms with Gasteiger partial charge in [0.05, 0.1) is 17.4 Å². The SMILES string of the molecule is O=C(Nc1ccc(-c2ncc3n2CCCC3)cc1)c1cnn(-c2ccc(Cl)cc2)c1. The van der Waals surface area contributed by atoms with Gasteiger partial charge in [0, 0.05) is 40.9 Å². The molecule has 6 nitrogen and oxygen atoms in total. The molecule has 0 saturated carbocycles. The minimum atomic E-state index is -0.207. The zero-order valence-corrected chi connectivity index (χ0v) is 17.0. The van der Waals surface area contributed by atoms with Gasteiger partial charge in [0.1, 0.15) is 5.82 Å². The average molecular weight is 418 g/mol. The molecule has 0 unspecified atom stereocenters. The van der Waals surface area contributed by atoms with Crippen molar-refractivity contribution < 1.29 is 4.79 Å². The Kier molecular flexibility index (Phi) is 4.85. The number of aryl methyl sites for hydroxylation is 1. The van der Waals surface area contributed by atoms with E-state index < -0.39 is 0 Å². The van der Waals surface area contributed by atoms with E-state index in [1.165, 1.54) is 18.5 Å². The molecule has 0 fully saturated rings. The summed E-state index contributed by atoms with van der Waals surface area (Å²) in [4.78, 5) is 17.2. The summed E-state index contributed by atoms with van der Waals surface area (Å²) < 4.78 is 3.94. The number of benzene rings is 2. The normalized spacial score (nSPS) is 13.1. The van der Waals surface area contributed by atoms with Crippen LogP contribution in [0.25, 0.3) is 17.1 Å². The van der Waals surface area contributed by atoms with E-state index in [9.17, 15) is 4.79 Å². The molecule has 4 aromatic rings. The number of amides is 1. The summed E-state index contributed by atoms with van der Waals surface area (Å²) in [5.41, 5.74) is 4.40. The Bertz CT molecular complexity index is 1190. The van der Waals surface area contributed by atoms with E-state index in [0.717, 1.165) is 35.7 Å². The number of imidazole rings is 1. The molecule has 1 N–H and O–H groups in total. The van der Waals surface area contributed by atoms with E-state index in [-0.39, 0.29) is 5.91 Å². The quantitative estimate of drug-likeness (QED) is 0.509. The van der Waals surface area contributed by atoms with Crippen molar-refractivity contribution in [3.8, 4) is 17.1 Å². The topological polar surface area (TPSA) is 64.7 Å². The fourth-order valence-electron chi connectivity index (χ4n) is 3.75. The van der Waals surface area contributed by atoms with Crippen molar-refractivity contribution in [2.45, 2.75) is 25.8 Å². The summed E-state index contributed by atoms with van der Waals surface area (Å²) in [7, 11) is 0. The Hall–Kier alpha value is -3.38. The molecule has 0 saturated heterocycles. The van der Waals surface area contributed by atoms with E-state index in [0.29, 0.717) is 10.6 Å². The third kappa shape index (κ3) is 3.62. The van der Waals surface area contributed by atoms with Crippen LogP contribution in [0.1, 0.15) is 28.9 Å². The number of carbonyl (C=O) groups is 1. The standard InChI is InChI=1S/C23H20ClN5O/c24-18-6-10-20(11-7-18)29-15-17(13-26-29)23(30)27-19-8-4-16(5-9-19)22-25-14-21-3-1-2-12-28(21)22/h4-11,13-15H,1-3,12H2,(H,27,30). The first-order chi connectivity index (χ1) is 14.7. The maximum atomic E-state index is 12.6. The van der Waals surface area contributed by atoms with E-state index in [1.807, 2.05) is 42.6 Å². The predicted octanol–water partition coefficient (Wildman–Crippen LogP) is 4.98. The maximum absolute atomic E-state index is 12.6. The predicted molar refractivity (Wildman–Crippen MR) is 117 cm³/mol. The smallest absolute Gasteiger partial charge is 0.258 e. The number of anilines is 1. The fourth-order valence-corrected chi connectivity index (χ4v) is 3.87. The van der Waals surface area contributed by atoms with Crippen molar-refractivity contribution in [1.82, 2.24) is 19.3 Å². The molecule has 1 amide bonds. The van der Waals surface area contributed by atoms with E-state index >= 15 is 0 Å². The van der Waals surface area contributed by atoms with Gasteiger partial charge in [0.25, 0.3) is 5.91 Å². The number of fused-ring (bicyclic) bond motifs is 1. The Morgan fingerprint density at radius 2 is 1.80 bits per heavy atom. The first-order valence-electron chi connectivity index (χ1n) is 9.94. The van der Waals surface area contributed by atoms with Gasteiger partial charge >= 0.3 is 0 Å². The number of hydrogen-bond acceptors (Lipinski definition) is 3. The fraction of sp³-hybridized carbons (Fsp3) is 0.174. The number of carbonyl (C=O) groups excluding carboxylic acids is 1. The van der Waals surface area contributed by atoms with E-state index in [1.54, 1.807) is 29.2 Å². The number of halogens is 1. The van der Waals surface area contributed by atoms with Gasteiger partial charge in [0.2, 0.25) is 0 Å². The molecule has 1 aliphatic heterocycles. The zero-order chi connectivity index (χ0) is 20.5. The number of aromatic nitrogens is 4. The van der Waals surface area contributed by atoms with Crippen LogP contribution in [-0.4, -0.2) is 25.2 Å².